The Morgan fingerprint density at radius 1 is 1.06 bits per heavy atom. The van der Waals surface area contributed by atoms with Crippen molar-refractivity contribution in [2.45, 2.75) is 44.3 Å². The fraction of sp³-hybridized carbons (Fsp3) is 0.571. The van der Waals surface area contributed by atoms with Gasteiger partial charge in [0.05, 0.1) is 7.11 Å². The number of para-hydroxylation sites is 1. The van der Waals surface area contributed by atoms with Gasteiger partial charge in [0.15, 0.2) is 11.5 Å². The first-order chi connectivity index (χ1) is 8.33. The molecule has 3 rings (SSSR count). The topological polar surface area (TPSA) is 27.7 Å². The molecule has 3 nitrogen and oxygen atoms in total. The second-order valence-electron chi connectivity index (χ2n) is 4.82. The van der Waals surface area contributed by atoms with Crippen molar-refractivity contribution in [2.75, 3.05) is 7.11 Å². The summed E-state index contributed by atoms with van der Waals surface area (Å²) in [5, 5.41) is 0. The Morgan fingerprint density at radius 2 is 1.82 bits per heavy atom. The van der Waals surface area contributed by atoms with Gasteiger partial charge in [-0.05, 0) is 25.0 Å². The fourth-order valence-corrected chi connectivity index (χ4v) is 2.72. The second kappa shape index (κ2) is 4.13. The Kier molecular flexibility index (Phi) is 2.61. The van der Waals surface area contributed by atoms with Crippen LogP contribution in [0, 0.1) is 0 Å². The lowest BCUT2D eigenvalue weighted by Crippen LogP contribution is -2.37. The third-order valence-corrected chi connectivity index (χ3v) is 3.61. The standard InChI is InChI=1S/C14H18O3/c1-15-11-7-6-8-12-13(11)17-14(16-12)9-4-2-3-5-10-14/h6-8H,2-5,9-10H2,1H3. The molecule has 0 amide bonds. The lowest BCUT2D eigenvalue weighted by molar-refractivity contribution is -0.0905. The van der Waals surface area contributed by atoms with E-state index in [1.807, 2.05) is 18.2 Å². The quantitative estimate of drug-likeness (QED) is 0.744. The summed E-state index contributed by atoms with van der Waals surface area (Å²) in [4.78, 5) is 0. The van der Waals surface area contributed by atoms with E-state index < -0.39 is 5.79 Å². The van der Waals surface area contributed by atoms with Crippen LogP contribution in [0.1, 0.15) is 38.5 Å². The number of hydrogen-bond donors (Lipinski definition) is 0. The normalized spacial score (nSPS) is 21.2. The lowest BCUT2D eigenvalue weighted by atomic mass is 10.1. The van der Waals surface area contributed by atoms with E-state index in [2.05, 4.69) is 0 Å². The van der Waals surface area contributed by atoms with Gasteiger partial charge in [-0.2, -0.15) is 0 Å². The van der Waals surface area contributed by atoms with Gasteiger partial charge in [-0.25, -0.2) is 0 Å². The molecule has 0 bridgehead atoms. The van der Waals surface area contributed by atoms with Gasteiger partial charge < -0.3 is 14.2 Å². The molecule has 92 valence electrons. The zero-order chi connectivity index (χ0) is 11.7. The van der Waals surface area contributed by atoms with Crippen molar-refractivity contribution in [3.63, 3.8) is 0 Å². The molecule has 1 aliphatic carbocycles. The maximum absolute atomic E-state index is 6.09. The van der Waals surface area contributed by atoms with E-state index in [4.69, 9.17) is 14.2 Å². The van der Waals surface area contributed by atoms with Crippen LogP contribution in [0.25, 0.3) is 0 Å². The number of hydrogen-bond acceptors (Lipinski definition) is 3. The molecule has 1 aromatic carbocycles. The molecule has 1 fully saturated rings. The molecular weight excluding hydrogens is 216 g/mol. The summed E-state index contributed by atoms with van der Waals surface area (Å²) in [6.45, 7) is 0. The highest BCUT2D eigenvalue weighted by Gasteiger charge is 2.42. The van der Waals surface area contributed by atoms with Crippen molar-refractivity contribution in [3.05, 3.63) is 18.2 Å². The second-order valence-corrected chi connectivity index (χ2v) is 4.82. The zero-order valence-corrected chi connectivity index (χ0v) is 10.2. The van der Waals surface area contributed by atoms with Crippen molar-refractivity contribution in [3.8, 4) is 17.2 Å². The van der Waals surface area contributed by atoms with Crippen LogP contribution in [0.4, 0.5) is 0 Å². The van der Waals surface area contributed by atoms with Gasteiger partial charge in [-0.1, -0.05) is 18.9 Å². The van der Waals surface area contributed by atoms with Crippen LogP contribution in [-0.2, 0) is 0 Å². The van der Waals surface area contributed by atoms with Gasteiger partial charge in [0.25, 0.3) is 5.79 Å². The van der Waals surface area contributed by atoms with Crippen molar-refractivity contribution in [1.82, 2.24) is 0 Å². The molecule has 0 radical (unpaired) electrons. The molecule has 1 heterocycles. The minimum Gasteiger partial charge on any atom is -0.493 e. The monoisotopic (exact) mass is 234 g/mol. The third kappa shape index (κ3) is 1.84. The highest BCUT2D eigenvalue weighted by molar-refractivity contribution is 5.53. The van der Waals surface area contributed by atoms with Gasteiger partial charge in [0, 0.05) is 12.8 Å². The lowest BCUT2D eigenvalue weighted by Gasteiger charge is -2.26. The van der Waals surface area contributed by atoms with Crippen LogP contribution >= 0.6 is 0 Å². The number of ether oxygens (including phenoxy) is 3. The molecule has 0 aromatic heterocycles. The SMILES string of the molecule is COc1cccc2c1OC1(CCCCCC1)O2. The average molecular weight is 234 g/mol. The van der Waals surface area contributed by atoms with Crippen molar-refractivity contribution in [1.29, 1.82) is 0 Å². The van der Waals surface area contributed by atoms with Crippen molar-refractivity contribution < 1.29 is 14.2 Å². The molecule has 0 N–H and O–H groups in total. The number of methoxy groups -OCH3 is 1. The van der Waals surface area contributed by atoms with E-state index in [-0.39, 0.29) is 0 Å². The van der Waals surface area contributed by atoms with Crippen LogP contribution < -0.4 is 14.2 Å². The smallest absolute Gasteiger partial charge is 0.251 e. The summed E-state index contributed by atoms with van der Waals surface area (Å²) in [5.41, 5.74) is 0. The Balaban J connectivity index is 1.90. The molecule has 0 unspecified atom stereocenters. The zero-order valence-electron chi connectivity index (χ0n) is 10.2. The maximum atomic E-state index is 6.09. The van der Waals surface area contributed by atoms with E-state index in [9.17, 15) is 0 Å². The first kappa shape index (κ1) is 10.8. The number of rotatable bonds is 1. The molecule has 1 saturated carbocycles. The van der Waals surface area contributed by atoms with Gasteiger partial charge in [0.2, 0.25) is 5.75 Å². The number of benzene rings is 1. The van der Waals surface area contributed by atoms with E-state index in [0.29, 0.717) is 0 Å². The predicted molar refractivity (Wildman–Crippen MR) is 64.7 cm³/mol. The fourth-order valence-electron chi connectivity index (χ4n) is 2.72. The van der Waals surface area contributed by atoms with Crippen molar-refractivity contribution in [2.24, 2.45) is 0 Å². The van der Waals surface area contributed by atoms with Crippen LogP contribution in [-0.4, -0.2) is 12.9 Å². The third-order valence-electron chi connectivity index (χ3n) is 3.61. The summed E-state index contributed by atoms with van der Waals surface area (Å²) in [7, 11) is 1.66. The van der Waals surface area contributed by atoms with Gasteiger partial charge in [-0.15, -0.1) is 0 Å². The molecule has 0 atom stereocenters. The predicted octanol–water partition coefficient (Wildman–Crippen LogP) is 3.52. The summed E-state index contributed by atoms with van der Waals surface area (Å²) in [6.07, 6.45) is 6.87. The van der Waals surface area contributed by atoms with Gasteiger partial charge >= 0.3 is 0 Å². The van der Waals surface area contributed by atoms with E-state index in [0.717, 1.165) is 30.1 Å². The molecule has 1 aromatic rings. The first-order valence-corrected chi connectivity index (χ1v) is 6.38. The molecule has 17 heavy (non-hydrogen) atoms. The first-order valence-electron chi connectivity index (χ1n) is 6.38. The Morgan fingerprint density at radius 3 is 2.53 bits per heavy atom. The molecule has 1 spiro atoms. The van der Waals surface area contributed by atoms with Crippen molar-refractivity contribution >= 4 is 0 Å². The van der Waals surface area contributed by atoms with Crippen LogP contribution in [0.2, 0.25) is 0 Å². The van der Waals surface area contributed by atoms with Gasteiger partial charge in [-0.3, -0.25) is 0 Å². The maximum Gasteiger partial charge on any atom is 0.251 e. The molecule has 1 aliphatic heterocycles. The molecule has 3 heteroatoms. The van der Waals surface area contributed by atoms with Crippen LogP contribution in [0.15, 0.2) is 18.2 Å². The summed E-state index contributed by atoms with van der Waals surface area (Å²) in [5.74, 6) is 1.94. The van der Waals surface area contributed by atoms with E-state index in [1.54, 1.807) is 7.11 Å². The Hall–Kier alpha value is -1.38. The number of fused-ring (bicyclic) bond motifs is 1. The van der Waals surface area contributed by atoms with E-state index in [1.165, 1.54) is 25.7 Å². The summed E-state index contributed by atoms with van der Waals surface area (Å²) in [6, 6.07) is 5.81. The Bertz CT molecular complexity index is 406. The molecule has 2 aliphatic rings. The highest BCUT2D eigenvalue weighted by atomic mass is 16.7. The van der Waals surface area contributed by atoms with Gasteiger partial charge in [0.1, 0.15) is 0 Å². The molecular formula is C14H18O3. The minimum absolute atomic E-state index is 0.423. The Labute approximate surface area is 102 Å². The summed E-state index contributed by atoms with van der Waals surface area (Å²) < 4.78 is 17.5. The largest absolute Gasteiger partial charge is 0.493 e. The summed E-state index contributed by atoms with van der Waals surface area (Å²) >= 11 is 0. The van der Waals surface area contributed by atoms with Crippen LogP contribution in [0.3, 0.4) is 0 Å². The highest BCUT2D eigenvalue weighted by Crippen LogP contribution is 2.49. The minimum atomic E-state index is -0.423. The molecule has 0 saturated heterocycles. The van der Waals surface area contributed by atoms with E-state index >= 15 is 0 Å². The average Bonchev–Trinajstić information content (AvgIpc) is 2.56. The van der Waals surface area contributed by atoms with Crippen LogP contribution in [0.5, 0.6) is 17.2 Å².